The second kappa shape index (κ2) is 5.33. The smallest absolute Gasteiger partial charge is 0.255 e. The standard InChI is InChI=1S/C15H15ClN2O/c1-9-3-5-12(10(2)7-9)15(19)18-14-6-4-11(17)8-13(14)16/h3-8H,17H2,1-2H3,(H,18,19). The highest BCUT2D eigenvalue weighted by Gasteiger charge is 2.11. The van der Waals surface area contributed by atoms with E-state index in [1.807, 2.05) is 32.0 Å². The molecule has 0 aliphatic heterocycles. The minimum Gasteiger partial charge on any atom is -0.399 e. The van der Waals surface area contributed by atoms with Crippen molar-refractivity contribution in [2.24, 2.45) is 0 Å². The molecule has 98 valence electrons. The first kappa shape index (κ1) is 13.4. The topological polar surface area (TPSA) is 55.1 Å². The van der Waals surface area contributed by atoms with E-state index < -0.39 is 0 Å². The summed E-state index contributed by atoms with van der Waals surface area (Å²) < 4.78 is 0. The molecule has 0 spiro atoms. The molecule has 0 atom stereocenters. The van der Waals surface area contributed by atoms with Crippen molar-refractivity contribution in [2.45, 2.75) is 13.8 Å². The van der Waals surface area contributed by atoms with Crippen LogP contribution in [-0.4, -0.2) is 5.91 Å². The SMILES string of the molecule is Cc1ccc(C(=O)Nc2ccc(N)cc2Cl)c(C)c1. The molecule has 19 heavy (non-hydrogen) atoms. The number of hydrogen-bond acceptors (Lipinski definition) is 2. The first-order valence-electron chi connectivity index (χ1n) is 5.91. The molecular formula is C15H15ClN2O. The van der Waals surface area contributed by atoms with Gasteiger partial charge in [-0.05, 0) is 43.7 Å². The van der Waals surface area contributed by atoms with Crippen LogP contribution in [0.25, 0.3) is 0 Å². The third-order valence-electron chi connectivity index (χ3n) is 2.87. The van der Waals surface area contributed by atoms with Gasteiger partial charge in [0.1, 0.15) is 0 Å². The number of amides is 1. The second-order valence-corrected chi connectivity index (χ2v) is 4.92. The number of rotatable bonds is 2. The lowest BCUT2D eigenvalue weighted by atomic mass is 10.1. The lowest BCUT2D eigenvalue weighted by Crippen LogP contribution is -2.13. The van der Waals surface area contributed by atoms with E-state index in [0.717, 1.165) is 11.1 Å². The van der Waals surface area contributed by atoms with Gasteiger partial charge in [0.05, 0.1) is 10.7 Å². The van der Waals surface area contributed by atoms with Crippen LogP contribution < -0.4 is 11.1 Å². The zero-order chi connectivity index (χ0) is 14.0. The van der Waals surface area contributed by atoms with E-state index >= 15 is 0 Å². The van der Waals surface area contributed by atoms with Gasteiger partial charge in [0, 0.05) is 11.3 Å². The highest BCUT2D eigenvalue weighted by atomic mass is 35.5. The average Bonchev–Trinajstić information content (AvgIpc) is 2.32. The van der Waals surface area contributed by atoms with Crippen LogP contribution in [0.4, 0.5) is 11.4 Å². The molecule has 3 nitrogen and oxygen atoms in total. The number of nitrogen functional groups attached to an aromatic ring is 1. The normalized spacial score (nSPS) is 10.3. The number of hydrogen-bond donors (Lipinski definition) is 2. The van der Waals surface area contributed by atoms with Gasteiger partial charge < -0.3 is 11.1 Å². The molecule has 0 unspecified atom stereocenters. The largest absolute Gasteiger partial charge is 0.399 e. The number of halogens is 1. The molecular weight excluding hydrogens is 260 g/mol. The molecule has 0 radical (unpaired) electrons. The first-order chi connectivity index (χ1) is 8.97. The molecule has 2 rings (SSSR count). The van der Waals surface area contributed by atoms with Crippen molar-refractivity contribution < 1.29 is 4.79 Å². The Bertz CT molecular complexity index is 638. The first-order valence-corrected chi connectivity index (χ1v) is 6.29. The summed E-state index contributed by atoms with van der Waals surface area (Å²) in [5.41, 5.74) is 9.43. The lowest BCUT2D eigenvalue weighted by molar-refractivity contribution is 0.102. The number of carbonyl (C=O) groups is 1. The second-order valence-electron chi connectivity index (χ2n) is 4.51. The summed E-state index contributed by atoms with van der Waals surface area (Å²) in [5.74, 6) is -0.177. The molecule has 0 saturated carbocycles. The highest BCUT2D eigenvalue weighted by Crippen LogP contribution is 2.25. The summed E-state index contributed by atoms with van der Waals surface area (Å²) in [7, 11) is 0. The predicted octanol–water partition coefficient (Wildman–Crippen LogP) is 3.79. The monoisotopic (exact) mass is 274 g/mol. The molecule has 0 aliphatic carbocycles. The molecule has 0 fully saturated rings. The molecule has 4 heteroatoms. The Hall–Kier alpha value is -2.00. The van der Waals surface area contributed by atoms with Crippen molar-refractivity contribution >= 4 is 28.9 Å². The third-order valence-corrected chi connectivity index (χ3v) is 3.18. The van der Waals surface area contributed by atoms with E-state index in [-0.39, 0.29) is 5.91 Å². The molecule has 0 bridgehead atoms. The van der Waals surface area contributed by atoms with Gasteiger partial charge >= 0.3 is 0 Å². The van der Waals surface area contributed by atoms with Gasteiger partial charge in [0.2, 0.25) is 0 Å². The Balaban J connectivity index is 2.25. The molecule has 0 saturated heterocycles. The van der Waals surface area contributed by atoms with Crippen LogP contribution in [0.1, 0.15) is 21.5 Å². The summed E-state index contributed by atoms with van der Waals surface area (Å²) in [6.45, 7) is 3.90. The van der Waals surface area contributed by atoms with Gasteiger partial charge in [-0.2, -0.15) is 0 Å². The molecule has 0 aromatic heterocycles. The molecule has 2 aromatic carbocycles. The quantitative estimate of drug-likeness (QED) is 0.819. The van der Waals surface area contributed by atoms with Crippen molar-refractivity contribution in [3.8, 4) is 0 Å². The van der Waals surface area contributed by atoms with E-state index in [1.54, 1.807) is 18.2 Å². The van der Waals surface area contributed by atoms with Gasteiger partial charge in [-0.1, -0.05) is 29.3 Å². The van der Waals surface area contributed by atoms with Crippen LogP contribution in [-0.2, 0) is 0 Å². The number of benzene rings is 2. The molecule has 0 heterocycles. The lowest BCUT2D eigenvalue weighted by Gasteiger charge is -2.10. The summed E-state index contributed by atoms with van der Waals surface area (Å²) in [6.07, 6.45) is 0. The number of anilines is 2. The molecule has 2 aromatic rings. The number of aryl methyl sites for hydroxylation is 2. The van der Waals surface area contributed by atoms with Crippen molar-refractivity contribution in [1.82, 2.24) is 0 Å². The molecule has 1 amide bonds. The third kappa shape index (κ3) is 3.06. The maximum absolute atomic E-state index is 12.2. The average molecular weight is 275 g/mol. The van der Waals surface area contributed by atoms with Crippen LogP contribution in [0, 0.1) is 13.8 Å². The Labute approximate surface area is 117 Å². The zero-order valence-electron chi connectivity index (χ0n) is 10.8. The maximum Gasteiger partial charge on any atom is 0.255 e. The van der Waals surface area contributed by atoms with E-state index in [2.05, 4.69) is 5.32 Å². The Kier molecular flexibility index (Phi) is 3.76. The van der Waals surface area contributed by atoms with Gasteiger partial charge in [-0.15, -0.1) is 0 Å². The van der Waals surface area contributed by atoms with Gasteiger partial charge in [0.25, 0.3) is 5.91 Å². The minimum atomic E-state index is -0.177. The van der Waals surface area contributed by atoms with Gasteiger partial charge in [0.15, 0.2) is 0 Å². The fourth-order valence-electron chi connectivity index (χ4n) is 1.89. The van der Waals surface area contributed by atoms with E-state index in [4.69, 9.17) is 17.3 Å². The number of nitrogens with two attached hydrogens (primary N) is 1. The van der Waals surface area contributed by atoms with Crippen LogP contribution in [0.15, 0.2) is 36.4 Å². The van der Waals surface area contributed by atoms with Crippen molar-refractivity contribution in [2.75, 3.05) is 11.1 Å². The van der Waals surface area contributed by atoms with E-state index in [9.17, 15) is 4.79 Å². The summed E-state index contributed by atoms with van der Waals surface area (Å²) in [5, 5.41) is 3.22. The Morgan fingerprint density at radius 1 is 1.16 bits per heavy atom. The minimum absolute atomic E-state index is 0.177. The van der Waals surface area contributed by atoms with Crippen molar-refractivity contribution in [3.63, 3.8) is 0 Å². The molecule has 3 N–H and O–H groups in total. The van der Waals surface area contributed by atoms with E-state index in [1.165, 1.54) is 0 Å². The summed E-state index contributed by atoms with van der Waals surface area (Å²) in [6, 6.07) is 10.7. The maximum atomic E-state index is 12.2. The summed E-state index contributed by atoms with van der Waals surface area (Å²) in [4.78, 5) is 12.2. The molecule has 0 aliphatic rings. The van der Waals surface area contributed by atoms with Crippen LogP contribution in [0.2, 0.25) is 5.02 Å². The van der Waals surface area contributed by atoms with Crippen LogP contribution >= 0.6 is 11.6 Å². The van der Waals surface area contributed by atoms with Crippen molar-refractivity contribution in [3.05, 3.63) is 58.1 Å². The number of nitrogens with one attached hydrogen (secondary N) is 1. The van der Waals surface area contributed by atoms with Crippen LogP contribution in [0.3, 0.4) is 0 Å². The zero-order valence-corrected chi connectivity index (χ0v) is 11.6. The van der Waals surface area contributed by atoms with Gasteiger partial charge in [-0.3, -0.25) is 4.79 Å². The van der Waals surface area contributed by atoms with Gasteiger partial charge in [-0.25, -0.2) is 0 Å². The summed E-state index contributed by atoms with van der Waals surface area (Å²) >= 11 is 6.03. The van der Waals surface area contributed by atoms with E-state index in [0.29, 0.717) is 22.0 Å². The van der Waals surface area contributed by atoms with Crippen LogP contribution in [0.5, 0.6) is 0 Å². The predicted molar refractivity (Wildman–Crippen MR) is 79.7 cm³/mol. The Morgan fingerprint density at radius 3 is 2.53 bits per heavy atom. The fraction of sp³-hybridized carbons (Fsp3) is 0.133. The van der Waals surface area contributed by atoms with Crippen molar-refractivity contribution in [1.29, 1.82) is 0 Å². The highest BCUT2D eigenvalue weighted by molar-refractivity contribution is 6.34. The fourth-order valence-corrected chi connectivity index (χ4v) is 2.13. The number of carbonyl (C=O) groups excluding carboxylic acids is 1. The Morgan fingerprint density at radius 2 is 1.89 bits per heavy atom.